The van der Waals surface area contributed by atoms with E-state index in [1.54, 1.807) is 19.4 Å². The van der Waals surface area contributed by atoms with Crippen LogP contribution in [0.25, 0.3) is 11.0 Å². The summed E-state index contributed by atoms with van der Waals surface area (Å²) in [5, 5.41) is 9.28. The Morgan fingerprint density at radius 3 is 2.95 bits per heavy atom. The van der Waals surface area contributed by atoms with Crippen LogP contribution in [0.4, 0.5) is 4.79 Å². The first-order valence-corrected chi connectivity index (χ1v) is 13.3. The lowest BCUT2D eigenvalue weighted by Crippen LogP contribution is -2.37. The van der Waals surface area contributed by atoms with Gasteiger partial charge in [0.2, 0.25) is 11.8 Å². The Morgan fingerprint density at radius 2 is 2.15 bits per heavy atom. The molecule has 4 heterocycles. The fourth-order valence-corrected chi connectivity index (χ4v) is 4.88. The molecule has 0 spiro atoms. The number of carbonyl (C=O) groups excluding carboxylic acids is 1. The van der Waals surface area contributed by atoms with E-state index in [1.807, 2.05) is 29.2 Å². The van der Waals surface area contributed by atoms with E-state index in [2.05, 4.69) is 16.0 Å². The van der Waals surface area contributed by atoms with Gasteiger partial charge in [0.1, 0.15) is 12.4 Å². The van der Waals surface area contributed by atoms with Crippen molar-refractivity contribution >= 4 is 23.1 Å². The monoisotopic (exact) mass is 548 g/mol. The van der Waals surface area contributed by atoms with Gasteiger partial charge in [-0.15, -0.1) is 0 Å². The van der Waals surface area contributed by atoms with Gasteiger partial charge in [-0.2, -0.15) is 0 Å². The fourth-order valence-electron chi connectivity index (χ4n) is 4.88. The van der Waals surface area contributed by atoms with Crippen LogP contribution in [0.1, 0.15) is 31.2 Å². The predicted octanol–water partition coefficient (Wildman–Crippen LogP) is 4.13. The standard InChI is InChI=1S/C29H32N4O7/c1-37-25-10-9-23-28(31-25)21(11-13-30-23)8-5-14-32(15-12-27(34)35)16-22-17-33(29(36)39-22)26-19-38-18-24(40-26)20-6-3-2-4-7-20/h2-3,6,9-11,13,18-19,22H,4-5,7-8,12,14-17H2,1H3,(H,34,35)/t22-/m1/s1. The summed E-state index contributed by atoms with van der Waals surface area (Å²) < 4.78 is 22.4. The molecule has 1 saturated heterocycles. The molecule has 1 fully saturated rings. The van der Waals surface area contributed by atoms with Crippen LogP contribution in [-0.4, -0.2) is 76.3 Å². The first kappa shape index (κ1) is 27.2. The first-order valence-electron chi connectivity index (χ1n) is 13.3. The Balaban J connectivity index is 1.19. The number of pyridine rings is 2. The Morgan fingerprint density at radius 1 is 1.25 bits per heavy atom. The molecule has 11 heteroatoms. The number of hydrogen-bond acceptors (Lipinski definition) is 9. The third-order valence-electron chi connectivity index (χ3n) is 6.90. The Bertz CT molecular complexity index is 1380. The predicted molar refractivity (Wildman–Crippen MR) is 145 cm³/mol. The summed E-state index contributed by atoms with van der Waals surface area (Å²) >= 11 is 0. The van der Waals surface area contributed by atoms with Gasteiger partial charge in [-0.05, 0) is 55.5 Å². The zero-order valence-electron chi connectivity index (χ0n) is 22.3. The van der Waals surface area contributed by atoms with Crippen LogP contribution in [0.3, 0.4) is 0 Å². The second-order valence-corrected chi connectivity index (χ2v) is 9.69. The average molecular weight is 549 g/mol. The molecule has 0 unspecified atom stereocenters. The number of carboxylic acids is 1. The van der Waals surface area contributed by atoms with E-state index in [4.69, 9.17) is 18.9 Å². The lowest BCUT2D eigenvalue weighted by atomic mass is 10.0. The molecule has 1 atom stereocenters. The molecule has 1 amide bonds. The lowest BCUT2D eigenvalue weighted by molar-refractivity contribution is -0.137. The van der Waals surface area contributed by atoms with Gasteiger partial charge in [0, 0.05) is 25.4 Å². The summed E-state index contributed by atoms with van der Waals surface area (Å²) in [4.78, 5) is 36.4. The normalized spacial score (nSPS) is 18.6. The van der Waals surface area contributed by atoms with E-state index in [0.717, 1.165) is 47.9 Å². The van der Waals surface area contributed by atoms with Crippen molar-refractivity contribution in [3.63, 3.8) is 0 Å². The van der Waals surface area contributed by atoms with E-state index in [0.29, 0.717) is 31.3 Å². The average Bonchev–Trinajstić information content (AvgIpc) is 3.35. The summed E-state index contributed by atoms with van der Waals surface area (Å²) in [6, 6.07) is 5.60. The third-order valence-corrected chi connectivity index (χ3v) is 6.90. The molecule has 0 saturated carbocycles. The number of aryl methyl sites for hydroxylation is 1. The van der Waals surface area contributed by atoms with Gasteiger partial charge in [-0.3, -0.25) is 14.7 Å². The van der Waals surface area contributed by atoms with Crippen molar-refractivity contribution in [3.8, 4) is 5.88 Å². The first-order chi connectivity index (χ1) is 19.5. The molecule has 11 nitrogen and oxygen atoms in total. The summed E-state index contributed by atoms with van der Waals surface area (Å²) in [6.45, 7) is 1.61. The van der Waals surface area contributed by atoms with Crippen LogP contribution in [-0.2, 0) is 25.4 Å². The number of carbonyl (C=O) groups is 2. The number of aliphatic carboxylic acids is 1. The molecule has 2 aliphatic heterocycles. The van der Waals surface area contributed by atoms with Crippen molar-refractivity contribution in [1.82, 2.24) is 19.8 Å². The fraction of sp³-hybridized carbons (Fsp3) is 0.379. The van der Waals surface area contributed by atoms with Gasteiger partial charge in [0.25, 0.3) is 0 Å². The number of hydrogen-bond donors (Lipinski definition) is 1. The minimum atomic E-state index is -0.879. The van der Waals surface area contributed by atoms with Crippen LogP contribution in [0.2, 0.25) is 0 Å². The number of cyclic esters (lactones) is 1. The van der Waals surface area contributed by atoms with Crippen molar-refractivity contribution in [2.45, 2.75) is 38.2 Å². The van der Waals surface area contributed by atoms with Crippen LogP contribution in [0, 0.1) is 0 Å². The second-order valence-electron chi connectivity index (χ2n) is 9.69. The van der Waals surface area contributed by atoms with Gasteiger partial charge in [-0.1, -0.05) is 18.2 Å². The lowest BCUT2D eigenvalue weighted by Gasteiger charge is -2.25. The SMILES string of the molecule is COc1ccc2nccc(CCCN(CCC(=O)O)C[C@@H]3CN(C4=COC=C(C5=CC=CCC5)O4)C(=O)O3)c2n1. The number of rotatable bonds is 12. The number of amides is 1. The summed E-state index contributed by atoms with van der Waals surface area (Å²) in [5.41, 5.74) is 3.61. The zero-order chi connectivity index (χ0) is 27.9. The molecule has 3 aliphatic rings. The highest BCUT2D eigenvalue weighted by Gasteiger charge is 2.37. The molecule has 2 aromatic heterocycles. The maximum absolute atomic E-state index is 12.7. The van der Waals surface area contributed by atoms with Gasteiger partial charge >= 0.3 is 12.1 Å². The van der Waals surface area contributed by atoms with Crippen molar-refractivity contribution in [1.29, 1.82) is 0 Å². The number of ether oxygens (including phenoxy) is 4. The topological polar surface area (TPSA) is 124 Å². The molecule has 0 radical (unpaired) electrons. The molecule has 1 N–H and O–H groups in total. The highest BCUT2D eigenvalue weighted by molar-refractivity contribution is 5.78. The molecule has 40 heavy (non-hydrogen) atoms. The maximum atomic E-state index is 12.7. The molecule has 2 aromatic rings. The van der Waals surface area contributed by atoms with Crippen molar-refractivity contribution in [3.05, 3.63) is 77.9 Å². The Hall–Kier alpha value is -4.38. The number of fused-ring (bicyclic) bond motifs is 1. The highest BCUT2D eigenvalue weighted by Crippen LogP contribution is 2.29. The number of aromatic nitrogens is 2. The quantitative estimate of drug-likeness (QED) is 0.414. The smallest absolute Gasteiger partial charge is 0.417 e. The van der Waals surface area contributed by atoms with Crippen molar-refractivity contribution in [2.75, 3.05) is 33.3 Å². The summed E-state index contributed by atoms with van der Waals surface area (Å²) in [7, 11) is 1.58. The molecular formula is C29H32N4O7. The van der Waals surface area contributed by atoms with Crippen molar-refractivity contribution < 1.29 is 33.6 Å². The van der Waals surface area contributed by atoms with E-state index in [9.17, 15) is 14.7 Å². The minimum Gasteiger partial charge on any atom is -0.481 e. The number of carboxylic acid groups (broad SMARTS) is 1. The highest BCUT2D eigenvalue weighted by atomic mass is 16.6. The third kappa shape index (κ3) is 6.60. The summed E-state index contributed by atoms with van der Waals surface area (Å²) in [5.74, 6) is 0.479. The van der Waals surface area contributed by atoms with E-state index >= 15 is 0 Å². The van der Waals surface area contributed by atoms with Crippen LogP contribution >= 0.6 is 0 Å². The molecule has 0 aromatic carbocycles. The molecule has 5 rings (SSSR count). The van der Waals surface area contributed by atoms with Crippen LogP contribution in [0.15, 0.2) is 72.4 Å². The number of allylic oxidation sites excluding steroid dienone is 4. The summed E-state index contributed by atoms with van der Waals surface area (Å²) in [6.07, 6.45) is 12.9. The van der Waals surface area contributed by atoms with E-state index in [-0.39, 0.29) is 18.8 Å². The van der Waals surface area contributed by atoms with Crippen LogP contribution < -0.4 is 4.74 Å². The molecule has 210 valence electrons. The van der Waals surface area contributed by atoms with Crippen LogP contribution in [0.5, 0.6) is 5.88 Å². The van der Waals surface area contributed by atoms with Crippen molar-refractivity contribution in [2.24, 2.45) is 0 Å². The Kier molecular flexibility index (Phi) is 8.60. The molecular weight excluding hydrogens is 516 g/mol. The zero-order valence-corrected chi connectivity index (χ0v) is 22.3. The molecule has 1 aliphatic carbocycles. The maximum Gasteiger partial charge on any atom is 0.417 e. The number of methoxy groups -OCH3 is 1. The number of nitrogens with zero attached hydrogens (tertiary/aromatic N) is 4. The second kappa shape index (κ2) is 12.6. The van der Waals surface area contributed by atoms with E-state index in [1.165, 1.54) is 17.4 Å². The van der Waals surface area contributed by atoms with Gasteiger partial charge in [-0.25, -0.2) is 14.7 Å². The van der Waals surface area contributed by atoms with Gasteiger partial charge in [0.05, 0.1) is 31.1 Å². The largest absolute Gasteiger partial charge is 0.481 e. The van der Waals surface area contributed by atoms with E-state index < -0.39 is 18.2 Å². The van der Waals surface area contributed by atoms with Gasteiger partial charge < -0.3 is 24.1 Å². The Labute approximate surface area is 232 Å². The molecule has 0 bridgehead atoms. The van der Waals surface area contributed by atoms with Gasteiger partial charge in [0.15, 0.2) is 12.0 Å². The minimum absolute atomic E-state index is 0.0128.